The third-order valence-electron chi connectivity index (χ3n) is 2.99. The summed E-state index contributed by atoms with van der Waals surface area (Å²) in [7, 11) is 0. The minimum Gasteiger partial charge on any atom is -0.507 e. The van der Waals surface area contributed by atoms with E-state index in [0.29, 0.717) is 11.6 Å². The van der Waals surface area contributed by atoms with Crippen molar-refractivity contribution in [1.82, 2.24) is 5.32 Å². The van der Waals surface area contributed by atoms with E-state index in [1.54, 1.807) is 18.2 Å². The molecule has 0 aromatic heterocycles. The van der Waals surface area contributed by atoms with Gasteiger partial charge < -0.3 is 15.5 Å². The Morgan fingerprint density at radius 3 is 2.31 bits per heavy atom. The first-order valence-corrected chi connectivity index (χ1v) is 5.60. The molecule has 86 valence electrons. The molecule has 0 bridgehead atoms. The van der Waals surface area contributed by atoms with E-state index in [-0.39, 0.29) is 17.5 Å². The van der Waals surface area contributed by atoms with Gasteiger partial charge in [0.2, 0.25) is 0 Å². The van der Waals surface area contributed by atoms with Gasteiger partial charge in [-0.05, 0) is 31.9 Å². The predicted molar refractivity (Wildman–Crippen MR) is 63.5 cm³/mol. The summed E-state index contributed by atoms with van der Waals surface area (Å²) in [6.45, 7) is 1.95. The van der Waals surface area contributed by atoms with Crippen LogP contribution in [-0.4, -0.2) is 16.3 Å². The zero-order valence-electron chi connectivity index (χ0n) is 9.35. The maximum Gasteiger partial charge on any atom is 0.124 e. The number of nitrogens with one attached hydrogen (secondary N) is 1. The maximum absolute atomic E-state index is 9.72. The molecule has 1 aromatic carbocycles. The average molecular weight is 219 g/mol. The lowest BCUT2D eigenvalue weighted by atomic mass is 10.0. The van der Waals surface area contributed by atoms with E-state index >= 15 is 0 Å². The van der Waals surface area contributed by atoms with Crippen LogP contribution in [0.5, 0.6) is 11.5 Å². The molecule has 3 N–H and O–H groups in total. The molecule has 2 rings (SSSR count). The van der Waals surface area contributed by atoms with Crippen molar-refractivity contribution in [1.29, 1.82) is 0 Å². The molecule has 0 heterocycles. The summed E-state index contributed by atoms with van der Waals surface area (Å²) >= 11 is 0. The lowest BCUT2D eigenvalue weighted by Gasteiger charge is -2.21. The molecular formula is C13H17NO2. The topological polar surface area (TPSA) is 52.5 Å². The molecule has 0 saturated carbocycles. The molecule has 0 spiro atoms. The van der Waals surface area contributed by atoms with Crippen molar-refractivity contribution in [3.8, 4) is 11.5 Å². The maximum atomic E-state index is 9.72. The molecule has 3 nitrogen and oxygen atoms in total. The molecule has 16 heavy (non-hydrogen) atoms. The Kier molecular flexibility index (Phi) is 3.15. The van der Waals surface area contributed by atoms with E-state index in [9.17, 15) is 10.2 Å². The van der Waals surface area contributed by atoms with Crippen LogP contribution >= 0.6 is 0 Å². The number of phenolic OH excluding ortho intramolecular Hbond substituents is 2. The summed E-state index contributed by atoms with van der Waals surface area (Å²) in [4.78, 5) is 0. The van der Waals surface area contributed by atoms with Crippen LogP contribution in [0.2, 0.25) is 0 Å². The first-order chi connectivity index (χ1) is 7.68. The van der Waals surface area contributed by atoms with Gasteiger partial charge in [0.05, 0.1) is 5.56 Å². The largest absolute Gasteiger partial charge is 0.507 e. The molecule has 0 radical (unpaired) electrons. The minimum atomic E-state index is -0.0499. The van der Waals surface area contributed by atoms with Gasteiger partial charge in [0.25, 0.3) is 0 Å². The molecule has 1 atom stereocenters. The van der Waals surface area contributed by atoms with E-state index < -0.39 is 0 Å². The van der Waals surface area contributed by atoms with E-state index in [1.165, 1.54) is 0 Å². The Hall–Kier alpha value is -1.48. The first-order valence-electron chi connectivity index (χ1n) is 5.60. The molecular weight excluding hydrogens is 202 g/mol. The van der Waals surface area contributed by atoms with E-state index in [2.05, 4.69) is 17.5 Å². The van der Waals surface area contributed by atoms with Gasteiger partial charge in [-0.3, -0.25) is 0 Å². The number of hydrogen-bond acceptors (Lipinski definition) is 3. The molecule has 3 heteroatoms. The Morgan fingerprint density at radius 1 is 1.19 bits per heavy atom. The molecule has 0 amide bonds. The second kappa shape index (κ2) is 4.58. The Bertz CT molecular complexity index is 373. The third-order valence-corrected chi connectivity index (χ3v) is 2.99. The van der Waals surface area contributed by atoms with Crippen molar-refractivity contribution in [3.63, 3.8) is 0 Å². The van der Waals surface area contributed by atoms with Crippen molar-refractivity contribution in [2.45, 2.75) is 31.8 Å². The summed E-state index contributed by atoms with van der Waals surface area (Å²) in [5.41, 5.74) is 0.578. The second-order valence-corrected chi connectivity index (χ2v) is 4.24. The molecule has 1 unspecified atom stereocenters. The third kappa shape index (κ3) is 2.19. The summed E-state index contributed by atoms with van der Waals surface area (Å²) < 4.78 is 0. The molecule has 0 saturated heterocycles. The molecule has 0 fully saturated rings. The van der Waals surface area contributed by atoms with Crippen LogP contribution in [0.15, 0.2) is 30.4 Å². The molecule has 1 aliphatic rings. The SMILES string of the molecule is CC(NC1CC=CC1)c1c(O)cccc1O. The van der Waals surface area contributed by atoms with Gasteiger partial charge in [0, 0.05) is 12.1 Å². The van der Waals surface area contributed by atoms with Crippen molar-refractivity contribution in [3.05, 3.63) is 35.9 Å². The van der Waals surface area contributed by atoms with Crippen molar-refractivity contribution in [2.75, 3.05) is 0 Å². The second-order valence-electron chi connectivity index (χ2n) is 4.24. The van der Waals surface area contributed by atoms with Crippen LogP contribution in [0.25, 0.3) is 0 Å². The van der Waals surface area contributed by atoms with Crippen molar-refractivity contribution >= 4 is 0 Å². The average Bonchev–Trinajstić information content (AvgIpc) is 2.70. The summed E-state index contributed by atoms with van der Waals surface area (Å²) in [6, 6.07) is 5.19. The quantitative estimate of drug-likeness (QED) is 0.684. The van der Waals surface area contributed by atoms with Gasteiger partial charge >= 0.3 is 0 Å². The van der Waals surface area contributed by atoms with Crippen molar-refractivity contribution in [2.24, 2.45) is 0 Å². The molecule has 1 aliphatic carbocycles. The van der Waals surface area contributed by atoms with Crippen LogP contribution in [0.4, 0.5) is 0 Å². The highest BCUT2D eigenvalue weighted by Gasteiger charge is 2.18. The highest BCUT2D eigenvalue weighted by molar-refractivity contribution is 5.45. The van der Waals surface area contributed by atoms with Crippen LogP contribution in [0.1, 0.15) is 31.4 Å². The Morgan fingerprint density at radius 2 is 1.75 bits per heavy atom. The summed E-state index contributed by atoms with van der Waals surface area (Å²) in [5, 5.41) is 22.8. The van der Waals surface area contributed by atoms with Crippen LogP contribution < -0.4 is 5.32 Å². The number of rotatable bonds is 3. The van der Waals surface area contributed by atoms with Crippen LogP contribution in [0.3, 0.4) is 0 Å². The van der Waals surface area contributed by atoms with Gasteiger partial charge in [-0.2, -0.15) is 0 Å². The van der Waals surface area contributed by atoms with Crippen molar-refractivity contribution < 1.29 is 10.2 Å². The van der Waals surface area contributed by atoms with Gasteiger partial charge in [-0.1, -0.05) is 18.2 Å². The van der Waals surface area contributed by atoms with Gasteiger partial charge in [-0.25, -0.2) is 0 Å². The van der Waals surface area contributed by atoms with Gasteiger partial charge in [-0.15, -0.1) is 0 Å². The monoisotopic (exact) mass is 219 g/mol. The Labute approximate surface area is 95.4 Å². The lowest BCUT2D eigenvalue weighted by Crippen LogP contribution is -2.29. The van der Waals surface area contributed by atoms with E-state index in [0.717, 1.165) is 12.8 Å². The molecule has 1 aromatic rings. The van der Waals surface area contributed by atoms with E-state index in [1.807, 2.05) is 6.92 Å². The minimum absolute atomic E-state index is 0.0499. The fourth-order valence-corrected chi connectivity index (χ4v) is 2.18. The van der Waals surface area contributed by atoms with Gasteiger partial charge in [0.15, 0.2) is 0 Å². The summed E-state index contributed by atoms with van der Waals surface area (Å²) in [5.74, 6) is 0.289. The highest BCUT2D eigenvalue weighted by Crippen LogP contribution is 2.32. The smallest absolute Gasteiger partial charge is 0.124 e. The lowest BCUT2D eigenvalue weighted by molar-refractivity contribution is 0.402. The first kappa shape index (κ1) is 11.0. The number of hydrogen-bond donors (Lipinski definition) is 3. The van der Waals surface area contributed by atoms with Crippen LogP contribution in [0, 0.1) is 0 Å². The Balaban J connectivity index is 2.10. The normalized spacial score (nSPS) is 17.8. The zero-order valence-corrected chi connectivity index (χ0v) is 9.35. The van der Waals surface area contributed by atoms with Gasteiger partial charge in [0.1, 0.15) is 11.5 Å². The zero-order chi connectivity index (χ0) is 11.5. The van der Waals surface area contributed by atoms with E-state index in [4.69, 9.17) is 0 Å². The van der Waals surface area contributed by atoms with Crippen LogP contribution in [-0.2, 0) is 0 Å². The molecule has 0 aliphatic heterocycles. The standard InChI is InChI=1S/C13H17NO2/c1-9(14-10-5-2-3-6-10)13-11(15)7-4-8-12(13)16/h2-4,7-10,14-16H,5-6H2,1H3. The highest BCUT2D eigenvalue weighted by atomic mass is 16.3. The fraction of sp³-hybridized carbons (Fsp3) is 0.385. The number of phenols is 2. The summed E-state index contributed by atoms with van der Waals surface area (Å²) in [6.07, 6.45) is 6.32. The fourth-order valence-electron chi connectivity index (χ4n) is 2.18. The number of benzene rings is 1. The number of aromatic hydroxyl groups is 2. The predicted octanol–water partition coefficient (Wildman–Crippen LogP) is 2.47.